The fourth-order valence-electron chi connectivity index (χ4n) is 2.10. The van der Waals surface area contributed by atoms with Crippen molar-refractivity contribution in [2.75, 3.05) is 18.6 Å². The maximum Gasteiger partial charge on any atom is 0.411 e. The maximum atomic E-state index is 11.4. The van der Waals surface area contributed by atoms with Gasteiger partial charge >= 0.3 is 6.09 Å². The minimum Gasteiger partial charge on any atom is -0.449 e. The molecule has 0 spiro atoms. The van der Waals surface area contributed by atoms with Gasteiger partial charge in [0.05, 0.1) is 6.61 Å². The summed E-state index contributed by atoms with van der Waals surface area (Å²) >= 11 is 11.1. The Morgan fingerprint density at radius 2 is 1.38 bits per heavy atom. The van der Waals surface area contributed by atoms with Gasteiger partial charge in [0.1, 0.15) is 12.0 Å². The fourth-order valence-corrected chi connectivity index (χ4v) is 2.55. The maximum absolute atomic E-state index is 11.4. The summed E-state index contributed by atoms with van der Waals surface area (Å²) in [6.45, 7) is 5.02. The molecule has 0 rings (SSSR count). The van der Waals surface area contributed by atoms with Crippen LogP contribution in [0.15, 0.2) is 0 Å². The molecule has 0 atom stereocenters. The van der Waals surface area contributed by atoms with Crippen LogP contribution in [0.1, 0.15) is 71.6 Å². The molecule has 0 bridgehead atoms. The van der Waals surface area contributed by atoms with Crippen molar-refractivity contribution in [3.8, 4) is 0 Å². The van der Waals surface area contributed by atoms with Crippen LogP contribution in [0, 0.1) is 5.92 Å². The van der Waals surface area contributed by atoms with E-state index in [0.717, 1.165) is 18.8 Å². The number of hydrogen-bond acceptors (Lipinski definition) is 2. The van der Waals surface area contributed by atoms with Gasteiger partial charge in [0.15, 0.2) is 0 Å². The van der Waals surface area contributed by atoms with Crippen LogP contribution >= 0.6 is 23.2 Å². The van der Waals surface area contributed by atoms with Gasteiger partial charge in [0, 0.05) is 0 Å². The molecule has 0 aromatic heterocycles. The third-order valence-corrected chi connectivity index (χ3v) is 4.03. The van der Waals surface area contributed by atoms with Crippen LogP contribution in [0.4, 0.5) is 4.79 Å². The van der Waals surface area contributed by atoms with Gasteiger partial charge in [-0.05, 0) is 12.3 Å². The van der Waals surface area contributed by atoms with E-state index < -0.39 is 6.09 Å². The zero-order valence-electron chi connectivity index (χ0n) is 13.6. The summed E-state index contributed by atoms with van der Waals surface area (Å²) in [5.74, 6) is 0.834. The third-order valence-electron chi connectivity index (χ3n) is 3.45. The van der Waals surface area contributed by atoms with Gasteiger partial charge in [-0.15, -0.1) is 23.2 Å². The van der Waals surface area contributed by atoms with E-state index in [0.29, 0.717) is 6.61 Å². The zero-order chi connectivity index (χ0) is 15.9. The number of ether oxygens (including phenoxy) is 1. The molecular weight excluding hydrogens is 309 g/mol. The highest BCUT2D eigenvalue weighted by molar-refractivity contribution is 6.21. The Bertz CT molecular complexity index is 246. The SMILES string of the molecule is CC(C)CCCCCCCCCCOC(=O)N(CCl)CCl. The first-order valence-corrected chi connectivity index (χ1v) is 9.22. The minimum absolute atomic E-state index is 0.0686. The van der Waals surface area contributed by atoms with Crippen LogP contribution in [0.5, 0.6) is 0 Å². The highest BCUT2D eigenvalue weighted by Gasteiger charge is 2.11. The molecule has 0 aromatic carbocycles. The van der Waals surface area contributed by atoms with Crippen molar-refractivity contribution in [1.82, 2.24) is 4.90 Å². The van der Waals surface area contributed by atoms with Crippen LogP contribution in [-0.2, 0) is 4.74 Å². The Balaban J connectivity index is 3.24. The number of alkyl halides is 2. The second kappa shape index (κ2) is 14.8. The van der Waals surface area contributed by atoms with Gasteiger partial charge in [-0.3, -0.25) is 4.90 Å². The number of hydrogen-bond donors (Lipinski definition) is 0. The molecule has 0 fully saturated rings. The van der Waals surface area contributed by atoms with Crippen molar-refractivity contribution in [1.29, 1.82) is 0 Å². The van der Waals surface area contributed by atoms with Gasteiger partial charge < -0.3 is 4.74 Å². The monoisotopic (exact) mass is 339 g/mol. The van der Waals surface area contributed by atoms with Crippen LogP contribution < -0.4 is 0 Å². The Labute approximate surface area is 140 Å². The lowest BCUT2D eigenvalue weighted by Crippen LogP contribution is -2.29. The first-order chi connectivity index (χ1) is 10.1. The molecule has 0 radical (unpaired) electrons. The number of amides is 1. The predicted octanol–water partition coefficient (Wildman–Crippen LogP) is 5.98. The molecule has 1 amide bonds. The standard InChI is InChI=1S/C16H31Cl2NO2/c1-15(2)11-9-7-5-3-4-6-8-10-12-21-16(20)19(13-17)14-18/h15H,3-14H2,1-2H3. The average Bonchev–Trinajstić information content (AvgIpc) is 2.45. The van der Waals surface area contributed by atoms with Crippen LogP contribution in [0.25, 0.3) is 0 Å². The van der Waals surface area contributed by atoms with E-state index in [1.54, 1.807) is 0 Å². The molecule has 0 aromatic rings. The molecule has 126 valence electrons. The van der Waals surface area contributed by atoms with Crippen LogP contribution in [-0.4, -0.2) is 29.6 Å². The Morgan fingerprint density at radius 1 is 0.905 bits per heavy atom. The quantitative estimate of drug-likeness (QED) is 0.234. The smallest absolute Gasteiger partial charge is 0.411 e. The van der Waals surface area contributed by atoms with Crippen molar-refractivity contribution in [2.45, 2.75) is 71.6 Å². The van der Waals surface area contributed by atoms with Gasteiger partial charge in [-0.1, -0.05) is 65.2 Å². The second-order valence-electron chi connectivity index (χ2n) is 5.90. The number of carbonyl (C=O) groups excluding carboxylic acids is 1. The topological polar surface area (TPSA) is 29.5 Å². The summed E-state index contributed by atoms with van der Waals surface area (Å²) in [5, 5.41) is 0. The lowest BCUT2D eigenvalue weighted by atomic mass is 10.0. The van der Waals surface area contributed by atoms with Crippen LogP contribution in [0.2, 0.25) is 0 Å². The van der Waals surface area contributed by atoms with E-state index in [4.69, 9.17) is 27.9 Å². The molecule has 21 heavy (non-hydrogen) atoms. The molecule has 0 saturated heterocycles. The number of carbonyl (C=O) groups is 1. The van der Waals surface area contributed by atoms with Crippen molar-refractivity contribution < 1.29 is 9.53 Å². The summed E-state index contributed by atoms with van der Waals surface area (Å²) in [5.41, 5.74) is 0. The number of halogens is 2. The number of rotatable bonds is 13. The lowest BCUT2D eigenvalue weighted by molar-refractivity contribution is 0.112. The molecule has 0 saturated carbocycles. The Hall–Kier alpha value is -0.150. The normalized spacial score (nSPS) is 10.9. The highest BCUT2D eigenvalue weighted by atomic mass is 35.5. The van der Waals surface area contributed by atoms with Gasteiger partial charge in [-0.25, -0.2) is 4.79 Å². The van der Waals surface area contributed by atoms with Crippen molar-refractivity contribution in [3.63, 3.8) is 0 Å². The van der Waals surface area contributed by atoms with Gasteiger partial charge in [0.2, 0.25) is 0 Å². The molecular formula is C16H31Cl2NO2. The summed E-state index contributed by atoms with van der Waals surface area (Å²) in [4.78, 5) is 12.7. The minimum atomic E-state index is -0.426. The first kappa shape index (κ1) is 20.9. The van der Waals surface area contributed by atoms with Gasteiger partial charge in [-0.2, -0.15) is 0 Å². The van der Waals surface area contributed by atoms with Gasteiger partial charge in [0.25, 0.3) is 0 Å². The van der Waals surface area contributed by atoms with E-state index >= 15 is 0 Å². The predicted molar refractivity (Wildman–Crippen MR) is 91.0 cm³/mol. The Morgan fingerprint density at radius 3 is 1.86 bits per heavy atom. The zero-order valence-corrected chi connectivity index (χ0v) is 15.1. The fraction of sp³-hybridized carbons (Fsp3) is 0.938. The van der Waals surface area contributed by atoms with E-state index in [2.05, 4.69) is 13.8 Å². The molecule has 0 heterocycles. The summed E-state index contributed by atoms with van der Waals surface area (Å²) in [6.07, 6.45) is 10.9. The number of unbranched alkanes of at least 4 members (excludes halogenated alkanes) is 7. The van der Waals surface area contributed by atoms with Crippen LogP contribution in [0.3, 0.4) is 0 Å². The molecule has 5 heteroatoms. The van der Waals surface area contributed by atoms with Crippen molar-refractivity contribution in [3.05, 3.63) is 0 Å². The lowest BCUT2D eigenvalue weighted by Gasteiger charge is -2.15. The summed E-state index contributed by atoms with van der Waals surface area (Å²) in [6, 6.07) is 0.137. The van der Waals surface area contributed by atoms with Crippen molar-refractivity contribution in [2.24, 2.45) is 5.92 Å². The first-order valence-electron chi connectivity index (χ1n) is 8.15. The molecule has 0 unspecified atom stereocenters. The van der Waals surface area contributed by atoms with E-state index in [1.165, 1.54) is 49.8 Å². The van der Waals surface area contributed by atoms with Crippen molar-refractivity contribution >= 4 is 29.3 Å². The van der Waals surface area contributed by atoms with E-state index in [1.807, 2.05) is 0 Å². The molecule has 0 aliphatic heterocycles. The molecule has 3 nitrogen and oxygen atoms in total. The molecule has 0 aliphatic carbocycles. The second-order valence-corrected chi connectivity index (χ2v) is 6.38. The third kappa shape index (κ3) is 13.2. The van der Waals surface area contributed by atoms with E-state index in [-0.39, 0.29) is 12.0 Å². The summed E-state index contributed by atoms with van der Waals surface area (Å²) < 4.78 is 5.09. The summed E-state index contributed by atoms with van der Waals surface area (Å²) in [7, 11) is 0. The number of nitrogens with zero attached hydrogens (tertiary/aromatic N) is 1. The highest BCUT2D eigenvalue weighted by Crippen LogP contribution is 2.12. The largest absolute Gasteiger partial charge is 0.449 e. The average molecular weight is 340 g/mol. The molecule has 0 N–H and O–H groups in total. The van der Waals surface area contributed by atoms with E-state index in [9.17, 15) is 4.79 Å². The molecule has 0 aliphatic rings. The Kier molecular flexibility index (Phi) is 14.7.